The number of amides is 1. The summed E-state index contributed by atoms with van der Waals surface area (Å²) in [5.74, 6) is 1.23. The van der Waals surface area contributed by atoms with E-state index in [4.69, 9.17) is 4.98 Å². The molecule has 2 aliphatic heterocycles. The fourth-order valence-corrected chi connectivity index (χ4v) is 5.16. The molecule has 2 saturated heterocycles. The maximum absolute atomic E-state index is 13.2. The van der Waals surface area contributed by atoms with Crippen molar-refractivity contribution >= 4 is 11.9 Å². The standard InChI is InChI=1S/C21H28N6O2/c1-13(2)27-17(7-8-22-27)20(29)26-11-14-5-6-15-18(16(14)12-26)23-21(24-19(15)28)25-9-3-4-10-25/h7-8,13-14,16H,3-6,9-12H2,1-2H3,(H,23,24,28)/t14-,16+/m1/s1. The molecule has 3 aliphatic rings. The molecule has 8 nitrogen and oxygen atoms in total. The van der Waals surface area contributed by atoms with Gasteiger partial charge in [0.15, 0.2) is 0 Å². The lowest BCUT2D eigenvalue weighted by Crippen LogP contribution is -2.32. The van der Waals surface area contributed by atoms with Crippen LogP contribution in [-0.2, 0) is 6.42 Å². The van der Waals surface area contributed by atoms with Crippen LogP contribution in [0.15, 0.2) is 17.1 Å². The molecule has 0 aromatic carbocycles. The molecule has 2 aromatic rings. The van der Waals surface area contributed by atoms with Crippen molar-refractivity contribution < 1.29 is 4.79 Å². The normalized spacial score (nSPS) is 23.6. The number of carbonyl (C=O) groups is 1. The second kappa shape index (κ2) is 7.00. The third kappa shape index (κ3) is 3.05. The van der Waals surface area contributed by atoms with E-state index in [1.54, 1.807) is 16.9 Å². The number of aromatic nitrogens is 4. The molecule has 2 fully saturated rings. The van der Waals surface area contributed by atoms with Gasteiger partial charge in [-0.15, -0.1) is 0 Å². The Hall–Kier alpha value is -2.64. The van der Waals surface area contributed by atoms with Gasteiger partial charge >= 0.3 is 0 Å². The van der Waals surface area contributed by atoms with Gasteiger partial charge in [0.1, 0.15) is 5.69 Å². The summed E-state index contributed by atoms with van der Waals surface area (Å²) < 4.78 is 1.78. The number of nitrogens with zero attached hydrogens (tertiary/aromatic N) is 5. The van der Waals surface area contributed by atoms with Crippen molar-refractivity contribution in [2.75, 3.05) is 31.1 Å². The minimum Gasteiger partial charge on any atom is -0.342 e. The topological polar surface area (TPSA) is 87.1 Å². The lowest BCUT2D eigenvalue weighted by Gasteiger charge is -2.27. The largest absolute Gasteiger partial charge is 0.342 e. The Morgan fingerprint density at radius 1 is 1.24 bits per heavy atom. The molecule has 0 saturated carbocycles. The van der Waals surface area contributed by atoms with Crippen molar-refractivity contribution in [1.29, 1.82) is 0 Å². The molecule has 1 N–H and O–H groups in total. The summed E-state index contributed by atoms with van der Waals surface area (Å²) >= 11 is 0. The van der Waals surface area contributed by atoms with E-state index in [2.05, 4.69) is 15.0 Å². The Kier molecular flexibility index (Phi) is 4.44. The first-order chi connectivity index (χ1) is 14.0. The molecule has 2 aromatic heterocycles. The summed E-state index contributed by atoms with van der Waals surface area (Å²) in [6, 6.07) is 1.94. The lowest BCUT2D eigenvalue weighted by molar-refractivity contribution is 0.0771. The first-order valence-corrected chi connectivity index (χ1v) is 10.7. The molecule has 0 unspecified atom stereocenters. The predicted octanol–water partition coefficient (Wildman–Crippen LogP) is 1.95. The molecule has 8 heteroatoms. The zero-order valence-corrected chi connectivity index (χ0v) is 17.1. The highest BCUT2D eigenvalue weighted by atomic mass is 16.2. The van der Waals surface area contributed by atoms with Gasteiger partial charge in [-0.05, 0) is 51.5 Å². The van der Waals surface area contributed by atoms with Crippen LogP contribution in [0.25, 0.3) is 0 Å². The summed E-state index contributed by atoms with van der Waals surface area (Å²) in [6.45, 7) is 7.29. The number of likely N-dealkylation sites (tertiary alicyclic amines) is 1. The van der Waals surface area contributed by atoms with E-state index in [1.807, 2.05) is 18.7 Å². The van der Waals surface area contributed by atoms with E-state index >= 15 is 0 Å². The van der Waals surface area contributed by atoms with Crippen LogP contribution in [0.3, 0.4) is 0 Å². The van der Waals surface area contributed by atoms with Crippen molar-refractivity contribution in [3.8, 4) is 0 Å². The number of fused-ring (bicyclic) bond motifs is 3. The quantitative estimate of drug-likeness (QED) is 0.857. The molecule has 5 rings (SSSR count). The van der Waals surface area contributed by atoms with Crippen LogP contribution >= 0.6 is 0 Å². The maximum atomic E-state index is 13.2. The van der Waals surface area contributed by atoms with Gasteiger partial charge in [0.25, 0.3) is 11.5 Å². The molecule has 0 spiro atoms. The van der Waals surface area contributed by atoms with Crippen LogP contribution in [0, 0.1) is 5.92 Å². The summed E-state index contributed by atoms with van der Waals surface area (Å²) in [6.07, 6.45) is 5.64. The number of hydrogen-bond acceptors (Lipinski definition) is 5. The number of H-pyrrole nitrogens is 1. The van der Waals surface area contributed by atoms with Crippen molar-refractivity contribution in [2.45, 2.75) is 51.5 Å². The van der Waals surface area contributed by atoms with E-state index in [0.29, 0.717) is 24.1 Å². The van der Waals surface area contributed by atoms with Crippen molar-refractivity contribution in [3.63, 3.8) is 0 Å². The van der Waals surface area contributed by atoms with Gasteiger partial charge < -0.3 is 9.80 Å². The summed E-state index contributed by atoms with van der Waals surface area (Å²) in [5, 5.41) is 4.31. The second-order valence-corrected chi connectivity index (χ2v) is 8.82. The van der Waals surface area contributed by atoms with Crippen molar-refractivity contribution in [2.24, 2.45) is 5.92 Å². The number of carbonyl (C=O) groups excluding carboxylic acids is 1. The number of aromatic amines is 1. The Labute approximate surface area is 169 Å². The van der Waals surface area contributed by atoms with Crippen LogP contribution in [-0.4, -0.2) is 56.7 Å². The van der Waals surface area contributed by atoms with E-state index in [9.17, 15) is 9.59 Å². The first-order valence-electron chi connectivity index (χ1n) is 10.7. The molecule has 4 heterocycles. The molecule has 2 atom stereocenters. The van der Waals surface area contributed by atoms with E-state index in [0.717, 1.165) is 56.6 Å². The van der Waals surface area contributed by atoms with Gasteiger partial charge in [0, 0.05) is 49.9 Å². The highest BCUT2D eigenvalue weighted by molar-refractivity contribution is 5.92. The Morgan fingerprint density at radius 3 is 2.79 bits per heavy atom. The minimum atomic E-state index is -0.00184. The third-order valence-electron chi connectivity index (χ3n) is 6.66. The minimum absolute atomic E-state index is 0.00184. The number of anilines is 1. The summed E-state index contributed by atoms with van der Waals surface area (Å²) in [7, 11) is 0. The molecule has 0 bridgehead atoms. The van der Waals surface area contributed by atoms with Crippen LogP contribution < -0.4 is 10.5 Å². The zero-order valence-electron chi connectivity index (χ0n) is 17.1. The Morgan fingerprint density at radius 2 is 2.03 bits per heavy atom. The molecular weight excluding hydrogens is 368 g/mol. The molecule has 154 valence electrons. The van der Waals surface area contributed by atoms with Gasteiger partial charge in [-0.2, -0.15) is 5.10 Å². The lowest BCUT2D eigenvalue weighted by atomic mass is 9.80. The Balaban J connectivity index is 1.44. The van der Waals surface area contributed by atoms with Crippen LogP contribution in [0.1, 0.15) is 66.8 Å². The molecule has 29 heavy (non-hydrogen) atoms. The molecular formula is C21H28N6O2. The molecule has 0 radical (unpaired) electrons. The third-order valence-corrected chi connectivity index (χ3v) is 6.66. The fourth-order valence-electron chi connectivity index (χ4n) is 5.16. The van der Waals surface area contributed by atoms with Gasteiger partial charge in [0.05, 0.1) is 5.69 Å². The molecule has 1 amide bonds. The fraction of sp³-hybridized carbons (Fsp3) is 0.619. The maximum Gasteiger partial charge on any atom is 0.272 e. The predicted molar refractivity (Wildman–Crippen MR) is 109 cm³/mol. The number of hydrogen-bond donors (Lipinski definition) is 1. The van der Waals surface area contributed by atoms with Crippen LogP contribution in [0.5, 0.6) is 0 Å². The average Bonchev–Trinajstić information content (AvgIpc) is 3.47. The van der Waals surface area contributed by atoms with Gasteiger partial charge in [-0.25, -0.2) is 4.98 Å². The monoisotopic (exact) mass is 396 g/mol. The number of nitrogens with one attached hydrogen (secondary N) is 1. The van der Waals surface area contributed by atoms with E-state index in [-0.39, 0.29) is 23.4 Å². The van der Waals surface area contributed by atoms with Gasteiger partial charge in [-0.1, -0.05) is 0 Å². The Bertz CT molecular complexity index is 987. The highest BCUT2D eigenvalue weighted by Gasteiger charge is 2.42. The van der Waals surface area contributed by atoms with Crippen LogP contribution in [0.2, 0.25) is 0 Å². The SMILES string of the molecule is CC(C)n1nccc1C(=O)N1C[C@H]2CCc3c(nc(N4CCCC4)[nH]c3=O)[C@H]2C1. The van der Waals surface area contributed by atoms with Gasteiger partial charge in [-0.3, -0.25) is 19.3 Å². The average molecular weight is 396 g/mol. The van der Waals surface area contributed by atoms with Crippen LogP contribution in [0.4, 0.5) is 5.95 Å². The zero-order chi connectivity index (χ0) is 20.1. The summed E-state index contributed by atoms with van der Waals surface area (Å²) in [4.78, 5) is 38.0. The van der Waals surface area contributed by atoms with Gasteiger partial charge in [0.2, 0.25) is 5.95 Å². The smallest absolute Gasteiger partial charge is 0.272 e. The van der Waals surface area contributed by atoms with Crippen molar-refractivity contribution in [3.05, 3.63) is 39.6 Å². The highest BCUT2D eigenvalue weighted by Crippen LogP contribution is 2.40. The van der Waals surface area contributed by atoms with E-state index < -0.39 is 0 Å². The number of rotatable bonds is 3. The second-order valence-electron chi connectivity index (χ2n) is 8.82. The van der Waals surface area contributed by atoms with Crippen molar-refractivity contribution in [1.82, 2.24) is 24.6 Å². The first kappa shape index (κ1) is 18.4. The summed E-state index contributed by atoms with van der Waals surface area (Å²) in [5.41, 5.74) is 2.36. The molecule has 1 aliphatic carbocycles. The van der Waals surface area contributed by atoms with E-state index in [1.165, 1.54) is 0 Å².